The highest BCUT2D eigenvalue weighted by atomic mass is 16.6. The molecule has 1 aromatic rings. The second-order valence-corrected chi connectivity index (χ2v) is 10.3. The topological polar surface area (TPSA) is 96.4 Å². The van der Waals surface area contributed by atoms with E-state index < -0.39 is 35.0 Å². The van der Waals surface area contributed by atoms with Gasteiger partial charge in [0.25, 0.3) is 0 Å². The van der Waals surface area contributed by atoms with Crippen molar-refractivity contribution >= 4 is 17.8 Å². The number of aliphatic hydroxyl groups is 1. The zero-order chi connectivity index (χ0) is 25.3. The Morgan fingerprint density at radius 1 is 1.00 bits per heavy atom. The van der Waals surface area contributed by atoms with Gasteiger partial charge < -0.3 is 24.4 Å². The van der Waals surface area contributed by atoms with E-state index in [2.05, 4.69) is 0 Å². The summed E-state index contributed by atoms with van der Waals surface area (Å²) in [4.78, 5) is 44.8. The molecule has 0 saturated carbocycles. The van der Waals surface area contributed by atoms with Gasteiger partial charge in [-0.25, -0.2) is 0 Å². The van der Waals surface area contributed by atoms with Crippen LogP contribution in [0.3, 0.4) is 0 Å². The zero-order valence-corrected chi connectivity index (χ0v) is 20.7. The quantitative estimate of drug-likeness (QED) is 0.355. The van der Waals surface area contributed by atoms with Crippen molar-refractivity contribution in [1.29, 1.82) is 0 Å². The Balaban J connectivity index is 1.55. The maximum absolute atomic E-state index is 14.2. The highest BCUT2D eigenvalue weighted by Gasteiger charge is 2.74. The lowest BCUT2D eigenvalue weighted by Crippen LogP contribution is -2.55. The summed E-state index contributed by atoms with van der Waals surface area (Å²) in [5.74, 6) is -2.58. The van der Waals surface area contributed by atoms with E-state index in [1.165, 1.54) is 0 Å². The molecule has 4 aliphatic rings. The molecule has 36 heavy (non-hydrogen) atoms. The van der Waals surface area contributed by atoms with E-state index in [0.717, 1.165) is 12.0 Å². The number of fused-ring (bicyclic) bond motifs is 2. The van der Waals surface area contributed by atoms with Crippen molar-refractivity contribution in [1.82, 2.24) is 9.80 Å². The Kier molecular flexibility index (Phi) is 6.74. The highest BCUT2D eigenvalue weighted by molar-refractivity contribution is 5.99. The Bertz CT molecular complexity index is 1070. The van der Waals surface area contributed by atoms with Crippen molar-refractivity contribution in [2.24, 2.45) is 11.8 Å². The summed E-state index contributed by atoms with van der Waals surface area (Å²) in [6, 6.07) is 8.88. The molecule has 4 heterocycles. The molecule has 192 valence electrons. The first kappa shape index (κ1) is 24.7. The minimum Gasteiger partial charge on any atom is -0.465 e. The number of amides is 2. The van der Waals surface area contributed by atoms with Gasteiger partial charge in [0.2, 0.25) is 11.8 Å². The summed E-state index contributed by atoms with van der Waals surface area (Å²) >= 11 is 0. The van der Waals surface area contributed by atoms with Gasteiger partial charge in [-0.05, 0) is 38.2 Å². The number of esters is 1. The second kappa shape index (κ2) is 9.82. The average molecular weight is 495 g/mol. The van der Waals surface area contributed by atoms with E-state index >= 15 is 0 Å². The van der Waals surface area contributed by atoms with Crippen LogP contribution in [-0.2, 0) is 30.4 Å². The number of hydrogen-bond donors (Lipinski definition) is 1. The van der Waals surface area contributed by atoms with Crippen molar-refractivity contribution in [3.63, 3.8) is 0 Å². The minimum atomic E-state index is -1.26. The maximum atomic E-state index is 14.2. The molecule has 0 radical (unpaired) electrons. The van der Waals surface area contributed by atoms with Crippen molar-refractivity contribution in [2.75, 3.05) is 26.3 Å². The number of ether oxygens (including phenoxy) is 2. The fourth-order valence-electron chi connectivity index (χ4n) is 6.29. The fraction of sp³-hybridized carbons (Fsp3) is 0.536. The number of nitrogens with zero attached hydrogens (tertiary/aromatic N) is 2. The molecule has 2 saturated heterocycles. The molecule has 1 spiro atoms. The third-order valence-electron chi connectivity index (χ3n) is 7.88. The standard InChI is InChI=1S/C28H34N2O6/c1-27-13-6-9-18-35-26(34)22(27)21-24(32)30(16-7-3-8-17-31)23-25(33)29(15-10-14-28(21,23)36-27)19-20-11-4-2-5-12-20/h2,4-6,10-14,21-23,31H,3,7-9,15-19H2,1H3/t21-,22+,23?,27-,28-/m0/s1. The number of cyclic esters (lactones) is 1. The van der Waals surface area contributed by atoms with E-state index in [1.807, 2.05) is 61.6 Å². The van der Waals surface area contributed by atoms with Crippen LogP contribution in [-0.4, -0.2) is 76.2 Å². The monoisotopic (exact) mass is 494 g/mol. The highest BCUT2D eigenvalue weighted by Crippen LogP contribution is 2.57. The molecule has 0 bridgehead atoms. The molecule has 0 aliphatic carbocycles. The first-order valence-electron chi connectivity index (χ1n) is 12.9. The molecule has 2 fully saturated rings. The first-order chi connectivity index (χ1) is 17.4. The van der Waals surface area contributed by atoms with Gasteiger partial charge in [0.05, 0.1) is 18.1 Å². The first-order valence-corrected chi connectivity index (χ1v) is 12.9. The summed E-state index contributed by atoms with van der Waals surface area (Å²) < 4.78 is 12.2. The number of benzene rings is 1. The van der Waals surface area contributed by atoms with Crippen LogP contribution in [0.2, 0.25) is 0 Å². The van der Waals surface area contributed by atoms with Gasteiger partial charge in [0.15, 0.2) is 0 Å². The number of hydrogen-bond acceptors (Lipinski definition) is 6. The van der Waals surface area contributed by atoms with E-state index in [4.69, 9.17) is 9.47 Å². The van der Waals surface area contributed by atoms with E-state index in [0.29, 0.717) is 38.9 Å². The largest absolute Gasteiger partial charge is 0.465 e. The lowest BCUT2D eigenvalue weighted by molar-refractivity contribution is -0.160. The molecule has 1 aromatic carbocycles. The number of unbranched alkanes of at least 4 members (excludes halogenated alkanes) is 2. The summed E-state index contributed by atoms with van der Waals surface area (Å²) in [5.41, 5.74) is -1.32. The van der Waals surface area contributed by atoms with Crippen molar-refractivity contribution in [3.05, 3.63) is 60.2 Å². The lowest BCUT2D eigenvalue weighted by atomic mass is 9.74. The maximum Gasteiger partial charge on any atom is 0.313 e. The van der Waals surface area contributed by atoms with Gasteiger partial charge >= 0.3 is 5.97 Å². The van der Waals surface area contributed by atoms with Crippen molar-refractivity contribution in [3.8, 4) is 0 Å². The predicted octanol–water partition coefficient (Wildman–Crippen LogP) is 2.22. The van der Waals surface area contributed by atoms with Crippen LogP contribution in [0, 0.1) is 11.8 Å². The van der Waals surface area contributed by atoms with Crippen molar-refractivity contribution < 1.29 is 29.0 Å². The van der Waals surface area contributed by atoms with Gasteiger partial charge in [0.1, 0.15) is 17.6 Å². The molecule has 0 aromatic heterocycles. The third kappa shape index (κ3) is 4.06. The van der Waals surface area contributed by atoms with Crippen LogP contribution in [0.1, 0.15) is 38.2 Å². The number of carbonyl (C=O) groups excluding carboxylic acids is 3. The SMILES string of the molecule is C[C@]12C=CCCOC(=O)[C@H]1[C@H]1C(=O)N(CCCCCO)C3C(=O)N(Cc4ccccc4)CC=C[C@@]31O2. The summed E-state index contributed by atoms with van der Waals surface area (Å²) in [7, 11) is 0. The predicted molar refractivity (Wildman–Crippen MR) is 131 cm³/mol. The van der Waals surface area contributed by atoms with Crippen LogP contribution < -0.4 is 0 Å². The summed E-state index contributed by atoms with van der Waals surface area (Å²) in [6.45, 7) is 3.31. The van der Waals surface area contributed by atoms with Gasteiger partial charge in [-0.15, -0.1) is 0 Å². The molecule has 5 rings (SSSR count). The van der Waals surface area contributed by atoms with Gasteiger partial charge in [0, 0.05) is 26.2 Å². The number of rotatable bonds is 7. The Morgan fingerprint density at radius 3 is 2.58 bits per heavy atom. The molecule has 8 nitrogen and oxygen atoms in total. The van der Waals surface area contributed by atoms with Crippen LogP contribution in [0.15, 0.2) is 54.6 Å². The van der Waals surface area contributed by atoms with Gasteiger partial charge in [-0.3, -0.25) is 14.4 Å². The van der Waals surface area contributed by atoms with E-state index in [1.54, 1.807) is 9.80 Å². The molecule has 4 aliphatic heterocycles. The van der Waals surface area contributed by atoms with E-state index in [9.17, 15) is 19.5 Å². The smallest absolute Gasteiger partial charge is 0.313 e. The Labute approximate surface area is 211 Å². The van der Waals surface area contributed by atoms with Crippen LogP contribution in [0.4, 0.5) is 0 Å². The molecular weight excluding hydrogens is 460 g/mol. The molecular formula is C28H34N2O6. The molecule has 1 unspecified atom stereocenters. The third-order valence-corrected chi connectivity index (χ3v) is 7.88. The molecule has 1 N–H and O–H groups in total. The van der Waals surface area contributed by atoms with E-state index in [-0.39, 0.29) is 25.0 Å². The second-order valence-electron chi connectivity index (χ2n) is 10.3. The zero-order valence-electron chi connectivity index (χ0n) is 20.7. The number of likely N-dealkylation sites (tertiary alicyclic amines) is 1. The minimum absolute atomic E-state index is 0.0815. The van der Waals surface area contributed by atoms with Gasteiger partial charge in [-0.2, -0.15) is 0 Å². The Hall–Kier alpha value is -2.97. The molecule has 2 amide bonds. The van der Waals surface area contributed by atoms with Gasteiger partial charge in [-0.1, -0.05) is 54.6 Å². The van der Waals surface area contributed by atoms with Crippen LogP contribution >= 0.6 is 0 Å². The molecule has 8 heteroatoms. The summed E-state index contributed by atoms with van der Waals surface area (Å²) in [6.07, 6.45) is 10.1. The molecule has 5 atom stereocenters. The fourth-order valence-corrected chi connectivity index (χ4v) is 6.29. The number of aliphatic hydroxyl groups excluding tert-OH is 1. The average Bonchev–Trinajstić information content (AvgIpc) is 3.18. The summed E-state index contributed by atoms with van der Waals surface area (Å²) in [5, 5.41) is 9.19. The Morgan fingerprint density at radius 2 is 1.81 bits per heavy atom. The lowest BCUT2D eigenvalue weighted by Gasteiger charge is -2.37. The van der Waals surface area contributed by atoms with Crippen LogP contribution in [0.5, 0.6) is 0 Å². The number of carbonyl (C=O) groups is 3. The normalized spacial score (nSPS) is 33.5. The van der Waals surface area contributed by atoms with Crippen molar-refractivity contribution in [2.45, 2.75) is 56.4 Å². The van der Waals surface area contributed by atoms with Crippen LogP contribution in [0.25, 0.3) is 0 Å².